The first kappa shape index (κ1) is 12.4. The Bertz CT molecular complexity index is 379. The van der Waals surface area contributed by atoms with Crippen LogP contribution < -0.4 is 0 Å². The molecule has 0 bridgehead atoms. The predicted octanol–water partition coefficient (Wildman–Crippen LogP) is 2.24. The summed E-state index contributed by atoms with van der Waals surface area (Å²) in [5.41, 5.74) is 1.58. The lowest BCUT2D eigenvalue weighted by atomic mass is 9.97. The highest BCUT2D eigenvalue weighted by Gasteiger charge is 2.09. The van der Waals surface area contributed by atoms with E-state index in [1.165, 1.54) is 7.11 Å². The largest absolute Gasteiger partial charge is 0.465 e. The van der Waals surface area contributed by atoms with Gasteiger partial charge in [-0.2, -0.15) is 0 Å². The van der Waals surface area contributed by atoms with E-state index in [9.17, 15) is 9.59 Å². The van der Waals surface area contributed by atoms with E-state index in [1.807, 2.05) is 19.1 Å². The van der Waals surface area contributed by atoms with E-state index < -0.39 is 0 Å². The highest BCUT2D eigenvalue weighted by atomic mass is 16.5. The maximum atomic E-state index is 11.2. The van der Waals surface area contributed by atoms with Gasteiger partial charge in [-0.1, -0.05) is 19.1 Å². The average molecular weight is 220 g/mol. The summed E-state index contributed by atoms with van der Waals surface area (Å²) >= 11 is 0. The standard InChI is InChI=1S/C13H16O3/c1-9(10(2)14)8-11-4-6-12(7-5-11)13(15)16-3/h4-7,9H,8H2,1-3H3/t9-/m1/s1. The monoisotopic (exact) mass is 220 g/mol. The summed E-state index contributed by atoms with van der Waals surface area (Å²) in [6, 6.07) is 7.14. The van der Waals surface area contributed by atoms with Crippen molar-refractivity contribution in [3.8, 4) is 0 Å². The maximum absolute atomic E-state index is 11.2. The van der Waals surface area contributed by atoms with Crippen LogP contribution in [0.2, 0.25) is 0 Å². The minimum atomic E-state index is -0.342. The summed E-state index contributed by atoms with van der Waals surface area (Å²) in [4.78, 5) is 22.3. The summed E-state index contributed by atoms with van der Waals surface area (Å²) in [7, 11) is 1.36. The van der Waals surface area contributed by atoms with Crippen LogP contribution >= 0.6 is 0 Å². The molecule has 86 valence electrons. The molecule has 0 heterocycles. The molecule has 0 unspecified atom stereocenters. The van der Waals surface area contributed by atoms with E-state index in [2.05, 4.69) is 4.74 Å². The molecule has 0 saturated heterocycles. The number of ketones is 1. The molecule has 0 spiro atoms. The first-order valence-electron chi connectivity index (χ1n) is 5.22. The molecule has 0 aliphatic carbocycles. The van der Waals surface area contributed by atoms with Crippen LogP contribution in [-0.2, 0) is 16.0 Å². The van der Waals surface area contributed by atoms with E-state index in [0.29, 0.717) is 12.0 Å². The number of esters is 1. The summed E-state index contributed by atoms with van der Waals surface area (Å²) in [5.74, 6) is -0.146. The number of hydrogen-bond donors (Lipinski definition) is 0. The Labute approximate surface area is 95.4 Å². The molecule has 0 amide bonds. The van der Waals surface area contributed by atoms with Gasteiger partial charge in [0, 0.05) is 5.92 Å². The van der Waals surface area contributed by atoms with Crippen molar-refractivity contribution in [2.45, 2.75) is 20.3 Å². The molecule has 1 rings (SSSR count). The molecule has 1 aromatic rings. The minimum absolute atomic E-state index is 0.0176. The van der Waals surface area contributed by atoms with Gasteiger partial charge in [0.25, 0.3) is 0 Å². The topological polar surface area (TPSA) is 43.4 Å². The van der Waals surface area contributed by atoms with E-state index in [4.69, 9.17) is 0 Å². The van der Waals surface area contributed by atoms with E-state index >= 15 is 0 Å². The van der Waals surface area contributed by atoms with Crippen molar-refractivity contribution in [2.24, 2.45) is 5.92 Å². The Morgan fingerprint density at radius 2 is 1.81 bits per heavy atom. The van der Waals surface area contributed by atoms with Crippen LogP contribution in [0.3, 0.4) is 0 Å². The second-order valence-electron chi connectivity index (χ2n) is 3.90. The number of carbonyl (C=O) groups excluding carboxylic acids is 2. The molecule has 16 heavy (non-hydrogen) atoms. The second-order valence-corrected chi connectivity index (χ2v) is 3.90. The number of methoxy groups -OCH3 is 1. The van der Waals surface area contributed by atoms with Gasteiger partial charge in [-0.05, 0) is 31.0 Å². The van der Waals surface area contributed by atoms with Gasteiger partial charge >= 0.3 is 5.97 Å². The van der Waals surface area contributed by atoms with E-state index in [1.54, 1.807) is 19.1 Å². The quantitative estimate of drug-likeness (QED) is 0.731. The second kappa shape index (κ2) is 5.45. The van der Waals surface area contributed by atoms with Crippen LogP contribution in [0.1, 0.15) is 29.8 Å². The van der Waals surface area contributed by atoms with Crippen LogP contribution in [0.15, 0.2) is 24.3 Å². The van der Waals surface area contributed by atoms with Crippen molar-refractivity contribution in [1.29, 1.82) is 0 Å². The molecule has 1 atom stereocenters. The van der Waals surface area contributed by atoms with Crippen LogP contribution in [0.4, 0.5) is 0 Å². The highest BCUT2D eigenvalue weighted by molar-refractivity contribution is 5.89. The Morgan fingerprint density at radius 3 is 2.25 bits per heavy atom. The number of Topliss-reactive ketones (excluding diaryl/α,β-unsaturated/α-hetero) is 1. The molecule has 3 nitrogen and oxygen atoms in total. The van der Waals surface area contributed by atoms with Crippen LogP contribution in [0.25, 0.3) is 0 Å². The molecule has 3 heteroatoms. The number of hydrogen-bond acceptors (Lipinski definition) is 3. The lowest BCUT2D eigenvalue weighted by Gasteiger charge is -2.07. The Kier molecular flexibility index (Phi) is 4.23. The van der Waals surface area contributed by atoms with Crippen molar-refractivity contribution >= 4 is 11.8 Å². The number of carbonyl (C=O) groups is 2. The van der Waals surface area contributed by atoms with E-state index in [-0.39, 0.29) is 17.7 Å². The van der Waals surface area contributed by atoms with Gasteiger partial charge in [0.1, 0.15) is 5.78 Å². The molecule has 0 radical (unpaired) electrons. The molecule has 0 N–H and O–H groups in total. The first-order chi connectivity index (χ1) is 7.54. The van der Waals surface area contributed by atoms with Gasteiger partial charge < -0.3 is 4.74 Å². The fraction of sp³-hybridized carbons (Fsp3) is 0.385. The van der Waals surface area contributed by atoms with Gasteiger partial charge in [0.05, 0.1) is 12.7 Å². The van der Waals surface area contributed by atoms with Gasteiger partial charge in [0.15, 0.2) is 0 Å². The summed E-state index contributed by atoms with van der Waals surface area (Å²) < 4.78 is 4.60. The number of rotatable bonds is 4. The lowest BCUT2D eigenvalue weighted by molar-refractivity contribution is -0.120. The smallest absolute Gasteiger partial charge is 0.337 e. The zero-order valence-corrected chi connectivity index (χ0v) is 9.82. The van der Waals surface area contributed by atoms with Crippen molar-refractivity contribution in [3.63, 3.8) is 0 Å². The summed E-state index contributed by atoms with van der Waals surface area (Å²) in [6.45, 7) is 3.49. The van der Waals surface area contributed by atoms with Gasteiger partial charge in [-0.3, -0.25) is 4.79 Å². The Balaban J connectivity index is 2.72. The van der Waals surface area contributed by atoms with E-state index in [0.717, 1.165) is 5.56 Å². The van der Waals surface area contributed by atoms with Gasteiger partial charge in [-0.25, -0.2) is 4.79 Å². The average Bonchev–Trinajstić information content (AvgIpc) is 2.28. The van der Waals surface area contributed by atoms with Crippen molar-refractivity contribution in [1.82, 2.24) is 0 Å². The van der Waals surface area contributed by atoms with Crippen LogP contribution in [0.5, 0.6) is 0 Å². The molecule has 1 aromatic carbocycles. The maximum Gasteiger partial charge on any atom is 0.337 e. The third-order valence-electron chi connectivity index (χ3n) is 2.61. The number of benzene rings is 1. The molecule has 0 saturated carbocycles. The minimum Gasteiger partial charge on any atom is -0.465 e. The van der Waals surface area contributed by atoms with Crippen molar-refractivity contribution in [2.75, 3.05) is 7.11 Å². The molecular formula is C13H16O3. The Morgan fingerprint density at radius 1 is 1.25 bits per heavy atom. The first-order valence-corrected chi connectivity index (χ1v) is 5.22. The summed E-state index contributed by atoms with van der Waals surface area (Å²) in [5, 5.41) is 0. The van der Waals surface area contributed by atoms with Gasteiger partial charge in [0.2, 0.25) is 0 Å². The number of ether oxygens (including phenoxy) is 1. The third-order valence-corrected chi connectivity index (χ3v) is 2.61. The molecule has 0 aliphatic heterocycles. The molecular weight excluding hydrogens is 204 g/mol. The Hall–Kier alpha value is -1.64. The summed E-state index contributed by atoms with van der Waals surface area (Å²) in [6.07, 6.45) is 0.705. The zero-order valence-electron chi connectivity index (χ0n) is 9.82. The van der Waals surface area contributed by atoms with Crippen LogP contribution in [0, 0.1) is 5.92 Å². The van der Waals surface area contributed by atoms with Crippen LogP contribution in [-0.4, -0.2) is 18.9 Å². The lowest BCUT2D eigenvalue weighted by Crippen LogP contribution is -2.09. The molecule has 0 aromatic heterocycles. The predicted molar refractivity (Wildman–Crippen MR) is 61.3 cm³/mol. The highest BCUT2D eigenvalue weighted by Crippen LogP contribution is 2.11. The fourth-order valence-electron chi connectivity index (χ4n) is 1.39. The third kappa shape index (κ3) is 3.19. The van der Waals surface area contributed by atoms with Crippen molar-refractivity contribution < 1.29 is 14.3 Å². The van der Waals surface area contributed by atoms with Gasteiger partial charge in [-0.15, -0.1) is 0 Å². The molecule has 0 aliphatic rings. The molecule has 0 fully saturated rings. The van der Waals surface area contributed by atoms with Crippen molar-refractivity contribution in [3.05, 3.63) is 35.4 Å². The normalized spacial score (nSPS) is 11.9. The fourth-order valence-corrected chi connectivity index (χ4v) is 1.39. The zero-order chi connectivity index (χ0) is 12.1. The SMILES string of the molecule is COC(=O)c1ccc(C[C@@H](C)C(C)=O)cc1.